The summed E-state index contributed by atoms with van der Waals surface area (Å²) in [5, 5.41) is 12.1. The summed E-state index contributed by atoms with van der Waals surface area (Å²) in [5.41, 5.74) is 4.44. The van der Waals surface area contributed by atoms with Crippen LogP contribution in [0.4, 0.5) is 0 Å². The van der Waals surface area contributed by atoms with E-state index in [4.69, 9.17) is 19.4 Å². The fraction of sp³-hybridized carbons (Fsp3) is 0. The topological polar surface area (TPSA) is 51.8 Å². The number of thiophene rings is 1. The van der Waals surface area contributed by atoms with E-state index < -0.39 is 0 Å². The third-order valence-corrected chi connectivity index (χ3v) is 11.0. The van der Waals surface area contributed by atoms with Gasteiger partial charge in [-0.25, -0.2) is 15.0 Å². The lowest BCUT2D eigenvalue weighted by Gasteiger charge is -2.12. The lowest BCUT2D eigenvalue weighted by molar-refractivity contribution is 0.669. The Morgan fingerprint density at radius 1 is 0.380 bits per heavy atom. The minimum atomic E-state index is 0.614. The Labute approximate surface area is 289 Å². The molecule has 232 valence electrons. The van der Waals surface area contributed by atoms with Crippen molar-refractivity contribution in [2.75, 3.05) is 0 Å². The molecular weight excluding hydrogens is 631 g/mol. The van der Waals surface area contributed by atoms with E-state index in [1.54, 1.807) is 0 Å². The van der Waals surface area contributed by atoms with E-state index in [1.807, 2.05) is 72.0 Å². The van der Waals surface area contributed by atoms with Crippen LogP contribution < -0.4 is 0 Å². The Morgan fingerprint density at radius 2 is 1.06 bits per heavy atom. The normalized spacial score (nSPS) is 12.0. The van der Waals surface area contributed by atoms with Crippen molar-refractivity contribution in [2.24, 2.45) is 0 Å². The van der Waals surface area contributed by atoms with Gasteiger partial charge in [-0.1, -0.05) is 121 Å². The Hall–Kier alpha value is -6.43. The molecule has 3 heterocycles. The summed E-state index contributed by atoms with van der Waals surface area (Å²) in [6.07, 6.45) is 0. The van der Waals surface area contributed by atoms with Crippen LogP contribution in [0.3, 0.4) is 0 Å². The fourth-order valence-electron chi connectivity index (χ4n) is 7.64. The second kappa shape index (κ2) is 10.5. The van der Waals surface area contributed by atoms with Crippen molar-refractivity contribution >= 4 is 85.8 Å². The average molecular weight is 656 g/mol. The van der Waals surface area contributed by atoms with Crippen LogP contribution in [0, 0.1) is 0 Å². The number of para-hydroxylation sites is 1. The van der Waals surface area contributed by atoms with E-state index in [9.17, 15) is 0 Å². The van der Waals surface area contributed by atoms with Gasteiger partial charge in [0.15, 0.2) is 17.5 Å². The quantitative estimate of drug-likeness (QED) is 0.178. The monoisotopic (exact) mass is 655 g/mol. The second-order valence-corrected chi connectivity index (χ2v) is 13.8. The van der Waals surface area contributed by atoms with Crippen LogP contribution in [0.2, 0.25) is 0 Å². The molecule has 0 fully saturated rings. The predicted octanol–water partition coefficient (Wildman–Crippen LogP) is 12.6. The van der Waals surface area contributed by atoms with E-state index in [1.165, 1.54) is 47.1 Å². The van der Waals surface area contributed by atoms with Crippen LogP contribution in [0.15, 0.2) is 156 Å². The lowest BCUT2D eigenvalue weighted by Crippen LogP contribution is -2.00. The second-order valence-electron chi connectivity index (χ2n) is 12.7. The maximum atomic E-state index is 6.23. The molecule has 0 aliphatic rings. The first-order chi connectivity index (χ1) is 24.8. The molecule has 0 spiro atoms. The Bertz CT molecular complexity index is 3160. The Kier molecular flexibility index (Phi) is 5.80. The maximum Gasteiger partial charge on any atom is 0.164 e. The first-order valence-corrected chi connectivity index (χ1v) is 17.5. The molecule has 5 heteroatoms. The van der Waals surface area contributed by atoms with Crippen LogP contribution >= 0.6 is 11.3 Å². The number of rotatable bonds is 3. The molecule has 0 aliphatic carbocycles. The predicted molar refractivity (Wildman–Crippen MR) is 209 cm³/mol. The van der Waals surface area contributed by atoms with E-state index in [0.29, 0.717) is 17.5 Å². The molecule has 0 aliphatic heterocycles. The summed E-state index contributed by atoms with van der Waals surface area (Å²) in [5.74, 6) is 1.87. The van der Waals surface area contributed by atoms with Crippen LogP contribution in [-0.4, -0.2) is 15.0 Å². The summed E-state index contributed by atoms with van der Waals surface area (Å²) in [4.78, 5) is 15.3. The molecule has 0 radical (unpaired) electrons. The summed E-state index contributed by atoms with van der Waals surface area (Å²) < 4.78 is 8.87. The number of aromatic nitrogens is 3. The minimum Gasteiger partial charge on any atom is -0.456 e. The van der Waals surface area contributed by atoms with Crippen molar-refractivity contribution in [3.8, 4) is 34.2 Å². The van der Waals surface area contributed by atoms with Gasteiger partial charge in [0.05, 0.1) is 0 Å². The molecule has 0 amide bonds. The average Bonchev–Trinajstić information content (AvgIpc) is 3.76. The molecule has 0 saturated heterocycles. The highest BCUT2D eigenvalue weighted by molar-refractivity contribution is 7.26. The zero-order chi connectivity index (χ0) is 32.8. The van der Waals surface area contributed by atoms with Gasteiger partial charge in [0.1, 0.15) is 11.2 Å². The Morgan fingerprint density at radius 3 is 1.98 bits per heavy atom. The van der Waals surface area contributed by atoms with Gasteiger partial charge in [0.25, 0.3) is 0 Å². The smallest absolute Gasteiger partial charge is 0.164 e. The molecule has 4 nitrogen and oxygen atoms in total. The lowest BCUT2D eigenvalue weighted by atomic mass is 9.93. The van der Waals surface area contributed by atoms with Gasteiger partial charge in [0, 0.05) is 47.6 Å². The number of benzene rings is 8. The first kappa shape index (κ1) is 27.5. The molecule has 3 aromatic heterocycles. The SMILES string of the molecule is c1ccc(-c2nc(-c3ccc4c(ccc5ccc6c(ccc7sc8ccccc8c76)c54)c3)nc(-c3cccc4oc5ccccc5c34)n2)cc1. The number of hydrogen-bond acceptors (Lipinski definition) is 5. The van der Waals surface area contributed by atoms with Crippen molar-refractivity contribution in [3.05, 3.63) is 152 Å². The van der Waals surface area contributed by atoms with E-state index in [2.05, 4.69) is 91.0 Å². The molecule has 11 rings (SSSR count). The molecule has 0 unspecified atom stereocenters. The van der Waals surface area contributed by atoms with Gasteiger partial charge in [-0.3, -0.25) is 0 Å². The van der Waals surface area contributed by atoms with E-state index in [0.717, 1.165) is 44.0 Å². The fourth-order valence-corrected chi connectivity index (χ4v) is 8.76. The van der Waals surface area contributed by atoms with Crippen molar-refractivity contribution in [2.45, 2.75) is 0 Å². The minimum absolute atomic E-state index is 0.614. The number of hydrogen-bond donors (Lipinski definition) is 0. The van der Waals surface area contributed by atoms with Gasteiger partial charge in [0.2, 0.25) is 0 Å². The highest BCUT2D eigenvalue weighted by Gasteiger charge is 2.18. The van der Waals surface area contributed by atoms with Gasteiger partial charge >= 0.3 is 0 Å². The van der Waals surface area contributed by atoms with Gasteiger partial charge in [-0.05, 0) is 62.6 Å². The summed E-state index contributed by atoms with van der Waals surface area (Å²) in [6.45, 7) is 0. The summed E-state index contributed by atoms with van der Waals surface area (Å²) in [7, 11) is 0. The molecule has 11 aromatic rings. The molecule has 0 bridgehead atoms. The molecule has 50 heavy (non-hydrogen) atoms. The summed E-state index contributed by atoms with van der Waals surface area (Å²) >= 11 is 1.86. The Balaban J connectivity index is 1.14. The van der Waals surface area contributed by atoms with Crippen molar-refractivity contribution in [3.63, 3.8) is 0 Å². The number of nitrogens with zero attached hydrogens (tertiary/aromatic N) is 3. The van der Waals surface area contributed by atoms with Crippen LogP contribution in [0.25, 0.3) is 109 Å². The third kappa shape index (κ3) is 4.08. The molecule has 0 N–H and O–H groups in total. The molecular formula is C45H25N3OS. The maximum absolute atomic E-state index is 6.23. The zero-order valence-electron chi connectivity index (χ0n) is 26.6. The van der Waals surface area contributed by atoms with Crippen molar-refractivity contribution in [1.29, 1.82) is 0 Å². The largest absolute Gasteiger partial charge is 0.456 e. The number of furan rings is 1. The van der Waals surface area contributed by atoms with Gasteiger partial charge in [-0.2, -0.15) is 0 Å². The highest BCUT2D eigenvalue weighted by atomic mass is 32.1. The summed E-state index contributed by atoms with van der Waals surface area (Å²) in [6, 6.07) is 53.2. The number of fused-ring (bicyclic) bond motifs is 12. The zero-order valence-corrected chi connectivity index (χ0v) is 27.4. The standard InChI is InChI=1S/C45H25N3OS/c1-2-9-27(10-3-1)43-46-44(48-45(47-43)35-13-8-15-37-41(35)33-11-4-6-14-36(33)49-37)29-20-21-30-28(25-29)18-17-26-19-22-32-31(40(26)30)23-24-39-42(32)34-12-5-7-16-38(34)50-39/h1-25H. The molecule has 8 aromatic carbocycles. The van der Waals surface area contributed by atoms with Gasteiger partial charge in [-0.15, -0.1) is 11.3 Å². The first-order valence-electron chi connectivity index (χ1n) is 16.7. The third-order valence-electron chi connectivity index (χ3n) is 9.90. The van der Waals surface area contributed by atoms with Crippen LogP contribution in [-0.2, 0) is 0 Å². The van der Waals surface area contributed by atoms with Crippen LogP contribution in [0.1, 0.15) is 0 Å². The van der Waals surface area contributed by atoms with Crippen LogP contribution in [0.5, 0.6) is 0 Å². The molecule has 0 saturated carbocycles. The van der Waals surface area contributed by atoms with E-state index >= 15 is 0 Å². The van der Waals surface area contributed by atoms with E-state index in [-0.39, 0.29) is 0 Å². The van der Waals surface area contributed by atoms with Crippen molar-refractivity contribution in [1.82, 2.24) is 15.0 Å². The molecule has 0 atom stereocenters. The highest BCUT2D eigenvalue weighted by Crippen LogP contribution is 2.42. The van der Waals surface area contributed by atoms with Gasteiger partial charge < -0.3 is 4.42 Å². The van der Waals surface area contributed by atoms with Crippen molar-refractivity contribution < 1.29 is 4.42 Å².